The van der Waals surface area contributed by atoms with Crippen molar-refractivity contribution in [1.29, 1.82) is 0 Å². The average Bonchev–Trinajstić information content (AvgIpc) is 2.63. The lowest BCUT2D eigenvalue weighted by Gasteiger charge is -2.09. The maximum atomic E-state index is 12.9. The van der Waals surface area contributed by atoms with Crippen LogP contribution in [0, 0.1) is 0 Å². The number of carbonyl (C=O) groups is 1. The van der Waals surface area contributed by atoms with E-state index in [9.17, 15) is 9.59 Å². The van der Waals surface area contributed by atoms with E-state index in [1.165, 1.54) is 17.8 Å². The second kappa shape index (κ2) is 8.02. The monoisotopic (exact) mass is 447 g/mol. The van der Waals surface area contributed by atoms with Crippen LogP contribution >= 0.6 is 27.5 Å². The Bertz CT molecular complexity index is 1130. The first kappa shape index (κ1) is 19.3. The van der Waals surface area contributed by atoms with Crippen LogP contribution in [-0.4, -0.2) is 21.8 Å². The number of esters is 1. The van der Waals surface area contributed by atoms with Gasteiger partial charge in [0.15, 0.2) is 0 Å². The van der Waals surface area contributed by atoms with E-state index in [4.69, 9.17) is 16.3 Å². The molecule has 0 N–H and O–H groups in total. The predicted molar refractivity (Wildman–Crippen MR) is 109 cm³/mol. The quantitative estimate of drug-likeness (QED) is 0.341. The smallest absolute Gasteiger partial charge is 0.308 e. The van der Waals surface area contributed by atoms with Gasteiger partial charge in [-0.3, -0.25) is 9.59 Å². The van der Waals surface area contributed by atoms with Crippen molar-refractivity contribution < 1.29 is 9.53 Å². The maximum Gasteiger partial charge on any atom is 0.308 e. The van der Waals surface area contributed by atoms with Crippen LogP contribution in [-0.2, 0) is 11.2 Å². The zero-order valence-electron chi connectivity index (χ0n) is 14.6. The Hall–Kier alpha value is -2.51. The molecule has 0 radical (unpaired) electrons. The summed E-state index contributed by atoms with van der Waals surface area (Å²) in [5, 5.41) is 5.19. The van der Waals surface area contributed by atoms with Gasteiger partial charge < -0.3 is 4.74 Å². The molecule has 0 unspecified atom stereocenters. The van der Waals surface area contributed by atoms with Gasteiger partial charge in [-0.2, -0.15) is 9.78 Å². The number of hydrogen-bond acceptors (Lipinski definition) is 5. The highest BCUT2D eigenvalue weighted by atomic mass is 79.9. The number of hydrogen-bond donors (Lipinski definition) is 0. The Labute approximate surface area is 168 Å². The summed E-state index contributed by atoms with van der Waals surface area (Å²) in [5.74, 6) is 0.357. The van der Waals surface area contributed by atoms with Crippen LogP contribution in [0.4, 0.5) is 0 Å². The molecule has 0 fully saturated rings. The Morgan fingerprint density at radius 3 is 2.81 bits per heavy atom. The number of carbonyl (C=O) groups excluding carboxylic acids is 1. The second-order valence-corrected chi connectivity index (χ2v) is 7.03. The van der Waals surface area contributed by atoms with Gasteiger partial charge in [-0.15, -0.1) is 0 Å². The summed E-state index contributed by atoms with van der Waals surface area (Å²) < 4.78 is 7.19. The second-order valence-electron chi connectivity index (χ2n) is 5.68. The van der Waals surface area contributed by atoms with E-state index in [0.717, 1.165) is 4.47 Å². The number of aromatic nitrogens is 2. The number of rotatable bonds is 4. The van der Waals surface area contributed by atoms with E-state index < -0.39 is 5.97 Å². The molecule has 2 aromatic carbocycles. The van der Waals surface area contributed by atoms with Crippen molar-refractivity contribution in [2.45, 2.75) is 20.3 Å². The fourth-order valence-electron chi connectivity index (χ4n) is 2.53. The van der Waals surface area contributed by atoms with Gasteiger partial charge in [0.05, 0.1) is 17.1 Å². The first-order valence-corrected chi connectivity index (χ1v) is 9.29. The van der Waals surface area contributed by atoms with Gasteiger partial charge >= 0.3 is 5.97 Å². The molecular weight excluding hydrogens is 434 g/mol. The summed E-state index contributed by atoms with van der Waals surface area (Å²) in [6.45, 7) is 3.20. The van der Waals surface area contributed by atoms with Gasteiger partial charge in [-0.05, 0) is 36.4 Å². The highest BCUT2D eigenvalue weighted by molar-refractivity contribution is 9.10. The van der Waals surface area contributed by atoms with E-state index in [1.807, 2.05) is 13.0 Å². The molecular formula is C19H15BrClN3O3. The third-order valence-corrected chi connectivity index (χ3v) is 4.46. The normalized spacial score (nSPS) is 11.3. The van der Waals surface area contributed by atoms with Crippen LogP contribution in [0.3, 0.4) is 0 Å². The molecule has 0 saturated carbocycles. The summed E-state index contributed by atoms with van der Waals surface area (Å²) in [6, 6.07) is 10.1. The number of benzene rings is 2. The molecule has 0 aliphatic carbocycles. The molecule has 1 aromatic heterocycles. The van der Waals surface area contributed by atoms with Crippen LogP contribution < -0.4 is 10.3 Å². The molecule has 0 spiro atoms. The highest BCUT2D eigenvalue weighted by Gasteiger charge is 2.11. The van der Waals surface area contributed by atoms with Gasteiger partial charge in [-0.25, -0.2) is 4.98 Å². The average molecular weight is 449 g/mol. The molecule has 0 saturated heterocycles. The minimum atomic E-state index is -0.462. The number of fused-ring (bicyclic) bond motifs is 1. The fraction of sp³-hybridized carbons (Fsp3) is 0.158. The third kappa shape index (κ3) is 4.26. The number of ether oxygens (including phenoxy) is 1. The molecule has 138 valence electrons. The van der Waals surface area contributed by atoms with E-state index in [-0.39, 0.29) is 5.56 Å². The van der Waals surface area contributed by atoms with Gasteiger partial charge in [0.25, 0.3) is 5.56 Å². The van der Waals surface area contributed by atoms with Crippen molar-refractivity contribution in [3.63, 3.8) is 0 Å². The molecule has 3 rings (SSSR count). The van der Waals surface area contributed by atoms with Crippen molar-refractivity contribution >= 4 is 50.6 Å². The van der Waals surface area contributed by atoms with Crippen molar-refractivity contribution in [2.75, 3.05) is 0 Å². The van der Waals surface area contributed by atoms with Crippen LogP contribution in [0.2, 0.25) is 5.02 Å². The molecule has 0 aliphatic rings. The highest BCUT2D eigenvalue weighted by Crippen LogP contribution is 2.22. The first-order valence-electron chi connectivity index (χ1n) is 8.12. The maximum absolute atomic E-state index is 12.9. The number of aryl methyl sites for hydroxylation is 1. The van der Waals surface area contributed by atoms with Crippen molar-refractivity contribution in [3.05, 3.63) is 67.6 Å². The summed E-state index contributed by atoms with van der Waals surface area (Å²) in [6.07, 6.45) is 1.95. The zero-order chi connectivity index (χ0) is 19.6. The minimum absolute atomic E-state index is 0.287. The Morgan fingerprint density at radius 2 is 2.11 bits per heavy atom. The van der Waals surface area contributed by atoms with Gasteiger partial charge in [-0.1, -0.05) is 34.5 Å². The fourth-order valence-corrected chi connectivity index (χ4v) is 3.07. The summed E-state index contributed by atoms with van der Waals surface area (Å²) in [4.78, 5) is 28.7. The molecule has 8 heteroatoms. The first-order chi connectivity index (χ1) is 12.9. The lowest BCUT2D eigenvalue weighted by atomic mass is 10.2. The Kier molecular flexibility index (Phi) is 5.72. The van der Waals surface area contributed by atoms with Gasteiger partial charge in [0, 0.05) is 28.4 Å². The third-order valence-electron chi connectivity index (χ3n) is 3.73. The van der Waals surface area contributed by atoms with Crippen LogP contribution in [0.5, 0.6) is 5.75 Å². The molecule has 0 amide bonds. The Morgan fingerprint density at radius 1 is 1.33 bits per heavy atom. The summed E-state index contributed by atoms with van der Waals surface area (Å²) >= 11 is 9.40. The lowest BCUT2D eigenvalue weighted by Crippen LogP contribution is -2.22. The number of halogens is 2. The molecule has 27 heavy (non-hydrogen) atoms. The molecule has 3 aromatic rings. The topological polar surface area (TPSA) is 73.6 Å². The standard InChI is InChI=1S/C19H15BrClN3O3/c1-3-18-23-16-6-4-13(20)9-15(16)19(26)24(18)22-10-12-8-14(21)5-7-17(12)27-11(2)25/h4-10H,3H2,1-2H3. The van der Waals surface area contributed by atoms with E-state index in [1.54, 1.807) is 30.3 Å². The minimum Gasteiger partial charge on any atom is -0.426 e. The molecule has 0 aliphatic heterocycles. The summed E-state index contributed by atoms with van der Waals surface area (Å²) in [7, 11) is 0. The van der Waals surface area contributed by atoms with E-state index in [0.29, 0.717) is 39.5 Å². The Balaban J connectivity index is 2.14. The van der Waals surface area contributed by atoms with Crippen molar-refractivity contribution in [3.8, 4) is 5.75 Å². The number of nitrogens with zero attached hydrogens (tertiary/aromatic N) is 3. The van der Waals surface area contributed by atoms with Gasteiger partial charge in [0.1, 0.15) is 11.6 Å². The SMILES string of the molecule is CCc1nc2ccc(Br)cc2c(=O)n1N=Cc1cc(Cl)ccc1OC(C)=O. The predicted octanol–water partition coefficient (Wildman–Crippen LogP) is 4.18. The summed E-state index contributed by atoms with van der Waals surface area (Å²) in [5.41, 5.74) is 0.793. The van der Waals surface area contributed by atoms with E-state index >= 15 is 0 Å². The molecule has 0 atom stereocenters. The van der Waals surface area contributed by atoms with Crippen LogP contribution in [0.15, 0.2) is 50.8 Å². The van der Waals surface area contributed by atoms with Crippen molar-refractivity contribution in [1.82, 2.24) is 9.66 Å². The van der Waals surface area contributed by atoms with Crippen LogP contribution in [0.25, 0.3) is 10.9 Å². The van der Waals surface area contributed by atoms with Crippen LogP contribution in [0.1, 0.15) is 25.2 Å². The molecule has 6 nitrogen and oxygen atoms in total. The molecule has 1 heterocycles. The van der Waals surface area contributed by atoms with Crippen molar-refractivity contribution in [2.24, 2.45) is 5.10 Å². The largest absolute Gasteiger partial charge is 0.426 e. The lowest BCUT2D eigenvalue weighted by molar-refractivity contribution is -0.131. The molecule has 0 bridgehead atoms. The van der Waals surface area contributed by atoms with E-state index in [2.05, 4.69) is 26.0 Å². The van der Waals surface area contributed by atoms with Gasteiger partial charge in [0.2, 0.25) is 0 Å². The zero-order valence-corrected chi connectivity index (χ0v) is 16.9.